The van der Waals surface area contributed by atoms with Gasteiger partial charge in [-0.15, -0.1) is 0 Å². The normalized spacial score (nSPS) is 15.7. The maximum atomic E-state index is 6.00. The summed E-state index contributed by atoms with van der Waals surface area (Å²) in [5.74, 6) is 2.51. The van der Waals surface area contributed by atoms with Crippen LogP contribution >= 0.6 is 0 Å². The third kappa shape index (κ3) is 9.50. The van der Waals surface area contributed by atoms with Gasteiger partial charge in [0.25, 0.3) is 0 Å². The van der Waals surface area contributed by atoms with Gasteiger partial charge in [0.05, 0.1) is 0 Å². The summed E-state index contributed by atoms with van der Waals surface area (Å²) in [4.78, 5) is 6.70. The minimum Gasteiger partial charge on any atom is -0.492 e. The Morgan fingerprint density at radius 2 is 2.07 bits per heavy atom. The van der Waals surface area contributed by atoms with Crippen molar-refractivity contribution in [1.29, 1.82) is 0 Å². The van der Waals surface area contributed by atoms with Gasteiger partial charge in [-0.05, 0) is 56.3 Å². The summed E-state index contributed by atoms with van der Waals surface area (Å²) in [6.45, 7) is 9.56. The van der Waals surface area contributed by atoms with Crippen LogP contribution in [0.5, 0.6) is 5.75 Å². The topological polar surface area (TPSA) is 58.1 Å². The first-order valence-electron chi connectivity index (χ1n) is 11.0. The summed E-state index contributed by atoms with van der Waals surface area (Å²) < 4.78 is 11.4. The van der Waals surface area contributed by atoms with Gasteiger partial charge in [0, 0.05) is 45.9 Å². The third-order valence-corrected chi connectivity index (χ3v) is 5.36. The molecule has 29 heavy (non-hydrogen) atoms. The average molecular weight is 405 g/mol. The van der Waals surface area contributed by atoms with Crippen LogP contribution in [0.4, 0.5) is 0 Å². The fraction of sp³-hybridized carbons (Fsp3) is 0.696. The lowest BCUT2D eigenvalue weighted by Gasteiger charge is -2.31. The zero-order chi connectivity index (χ0) is 20.9. The highest BCUT2D eigenvalue weighted by atomic mass is 16.5. The van der Waals surface area contributed by atoms with Crippen LogP contribution in [0, 0.1) is 5.92 Å². The molecule has 0 aliphatic carbocycles. The molecule has 6 heteroatoms. The van der Waals surface area contributed by atoms with Gasteiger partial charge in [-0.2, -0.15) is 0 Å². The average Bonchev–Trinajstić information content (AvgIpc) is 2.74. The summed E-state index contributed by atoms with van der Waals surface area (Å²) >= 11 is 0. The molecule has 1 aromatic rings. The highest BCUT2D eigenvalue weighted by Crippen LogP contribution is 2.15. The van der Waals surface area contributed by atoms with Crippen molar-refractivity contribution in [2.75, 3.05) is 47.0 Å². The number of hydrogen-bond acceptors (Lipinski definition) is 4. The number of guanidine groups is 1. The summed E-state index contributed by atoms with van der Waals surface area (Å²) in [7, 11) is 3.99. The van der Waals surface area contributed by atoms with E-state index >= 15 is 0 Å². The minimum absolute atomic E-state index is 0.614. The lowest BCUT2D eigenvalue weighted by Crippen LogP contribution is -2.38. The quantitative estimate of drug-likeness (QED) is 0.337. The van der Waals surface area contributed by atoms with E-state index < -0.39 is 0 Å². The second kappa shape index (κ2) is 13.4. The first-order chi connectivity index (χ1) is 14.1. The van der Waals surface area contributed by atoms with Crippen LogP contribution in [-0.2, 0) is 11.3 Å². The van der Waals surface area contributed by atoms with Crippen molar-refractivity contribution in [2.24, 2.45) is 10.9 Å². The predicted molar refractivity (Wildman–Crippen MR) is 121 cm³/mol. The van der Waals surface area contributed by atoms with Gasteiger partial charge in [0.2, 0.25) is 0 Å². The maximum Gasteiger partial charge on any atom is 0.191 e. The Hall–Kier alpha value is -1.79. The fourth-order valence-electron chi connectivity index (χ4n) is 3.48. The first kappa shape index (κ1) is 23.5. The number of benzene rings is 1. The predicted octanol–water partition coefficient (Wildman–Crippen LogP) is 3.28. The summed E-state index contributed by atoms with van der Waals surface area (Å²) in [6.07, 6.45) is 4.62. The second-order valence-corrected chi connectivity index (χ2v) is 8.21. The number of aliphatic imine (C=N–C) groups is 1. The lowest BCUT2D eigenvalue weighted by molar-refractivity contribution is 0.0392. The van der Waals surface area contributed by atoms with Crippen molar-refractivity contribution in [2.45, 2.75) is 52.1 Å². The number of rotatable bonds is 11. The number of nitrogens with zero attached hydrogens (tertiary/aromatic N) is 2. The lowest BCUT2D eigenvalue weighted by atomic mass is 10.1. The standard InChI is InChI=1S/C23H40N4O2/c1-19(2)7-6-12-25-23(24-3)26-18-20-8-5-9-22(17-20)29-16-13-27(4)21-10-14-28-15-11-21/h5,8-9,17,19,21H,6-7,10-16,18H2,1-4H3,(H2,24,25,26). The second-order valence-electron chi connectivity index (χ2n) is 8.21. The van der Waals surface area contributed by atoms with Gasteiger partial charge in [-0.1, -0.05) is 26.0 Å². The molecule has 1 saturated heterocycles. The van der Waals surface area contributed by atoms with E-state index in [2.05, 4.69) is 53.6 Å². The number of ether oxygens (including phenoxy) is 2. The summed E-state index contributed by atoms with van der Waals surface area (Å²) in [5, 5.41) is 6.76. The van der Waals surface area contributed by atoms with Crippen LogP contribution in [-0.4, -0.2) is 63.9 Å². The van der Waals surface area contributed by atoms with Gasteiger partial charge in [-0.3, -0.25) is 9.89 Å². The van der Waals surface area contributed by atoms with Crippen LogP contribution in [0.3, 0.4) is 0 Å². The zero-order valence-electron chi connectivity index (χ0n) is 18.7. The smallest absolute Gasteiger partial charge is 0.191 e. The van der Waals surface area contributed by atoms with E-state index in [0.29, 0.717) is 12.6 Å². The van der Waals surface area contributed by atoms with Crippen molar-refractivity contribution < 1.29 is 9.47 Å². The highest BCUT2D eigenvalue weighted by molar-refractivity contribution is 5.79. The van der Waals surface area contributed by atoms with E-state index in [9.17, 15) is 0 Å². The molecule has 1 heterocycles. The molecule has 6 nitrogen and oxygen atoms in total. The SMILES string of the molecule is CN=C(NCCCC(C)C)NCc1cccc(OCCN(C)C2CCOCC2)c1. The van der Waals surface area contributed by atoms with Crippen molar-refractivity contribution in [3.05, 3.63) is 29.8 Å². The Labute approximate surface area is 177 Å². The molecule has 0 saturated carbocycles. The third-order valence-electron chi connectivity index (χ3n) is 5.36. The van der Waals surface area contributed by atoms with E-state index in [1.54, 1.807) is 0 Å². The molecule has 0 amide bonds. The molecule has 1 fully saturated rings. The monoisotopic (exact) mass is 404 g/mol. The molecule has 2 rings (SSSR count). The summed E-state index contributed by atoms with van der Waals surface area (Å²) in [5.41, 5.74) is 1.19. The van der Waals surface area contributed by atoms with E-state index in [0.717, 1.165) is 69.7 Å². The molecular formula is C23H40N4O2. The molecule has 164 valence electrons. The number of hydrogen-bond donors (Lipinski definition) is 2. The molecular weight excluding hydrogens is 364 g/mol. The van der Waals surface area contributed by atoms with Gasteiger partial charge in [-0.25, -0.2) is 0 Å². The van der Waals surface area contributed by atoms with Crippen molar-refractivity contribution in [3.63, 3.8) is 0 Å². The van der Waals surface area contributed by atoms with Gasteiger partial charge >= 0.3 is 0 Å². The molecule has 0 unspecified atom stereocenters. The van der Waals surface area contributed by atoms with Crippen LogP contribution in [0.15, 0.2) is 29.3 Å². The van der Waals surface area contributed by atoms with Crippen LogP contribution in [0.2, 0.25) is 0 Å². The summed E-state index contributed by atoms with van der Waals surface area (Å²) in [6, 6.07) is 8.90. The molecule has 0 spiro atoms. The number of nitrogens with one attached hydrogen (secondary N) is 2. The molecule has 0 atom stereocenters. The Morgan fingerprint density at radius 3 is 2.79 bits per heavy atom. The van der Waals surface area contributed by atoms with E-state index in [4.69, 9.17) is 9.47 Å². The molecule has 1 aliphatic heterocycles. The largest absolute Gasteiger partial charge is 0.492 e. The van der Waals surface area contributed by atoms with Gasteiger partial charge in [0.1, 0.15) is 12.4 Å². The molecule has 0 bridgehead atoms. The molecule has 1 aliphatic rings. The van der Waals surface area contributed by atoms with Crippen LogP contribution < -0.4 is 15.4 Å². The Kier molecular flexibility index (Phi) is 10.9. The van der Waals surface area contributed by atoms with E-state index in [1.165, 1.54) is 12.0 Å². The zero-order valence-corrected chi connectivity index (χ0v) is 18.7. The minimum atomic E-state index is 0.614. The van der Waals surface area contributed by atoms with Crippen molar-refractivity contribution in [1.82, 2.24) is 15.5 Å². The first-order valence-corrected chi connectivity index (χ1v) is 11.0. The fourth-order valence-corrected chi connectivity index (χ4v) is 3.48. The maximum absolute atomic E-state index is 6.00. The van der Waals surface area contributed by atoms with Crippen LogP contribution in [0.25, 0.3) is 0 Å². The van der Waals surface area contributed by atoms with Crippen molar-refractivity contribution in [3.8, 4) is 5.75 Å². The molecule has 1 aromatic carbocycles. The molecule has 2 N–H and O–H groups in total. The Balaban J connectivity index is 1.69. The molecule has 0 aromatic heterocycles. The van der Waals surface area contributed by atoms with Crippen LogP contribution in [0.1, 0.15) is 45.1 Å². The highest BCUT2D eigenvalue weighted by Gasteiger charge is 2.17. The van der Waals surface area contributed by atoms with Gasteiger partial charge < -0.3 is 20.1 Å². The van der Waals surface area contributed by atoms with E-state index in [-0.39, 0.29) is 0 Å². The van der Waals surface area contributed by atoms with Crippen molar-refractivity contribution >= 4 is 5.96 Å². The Bertz CT molecular complexity index is 600. The van der Waals surface area contributed by atoms with Gasteiger partial charge in [0.15, 0.2) is 5.96 Å². The Morgan fingerprint density at radius 1 is 1.28 bits per heavy atom. The molecule has 0 radical (unpaired) electrons. The van der Waals surface area contributed by atoms with E-state index in [1.807, 2.05) is 19.2 Å². The number of likely N-dealkylation sites (N-methyl/N-ethyl adjacent to an activating group) is 1.